The maximum atomic E-state index is 9.94. The molecule has 3 aromatic rings. The van der Waals surface area contributed by atoms with Crippen LogP contribution in [0, 0.1) is 18.3 Å². The maximum absolute atomic E-state index is 9.94. The van der Waals surface area contributed by atoms with Crippen LogP contribution in [0.3, 0.4) is 0 Å². The molecule has 1 atom stereocenters. The summed E-state index contributed by atoms with van der Waals surface area (Å²) in [5.41, 5.74) is 10.3. The number of aryl methyl sites for hydroxylation is 1. The molecule has 2 aromatic heterocycles. The molecular weight excluding hydrogens is 436 g/mol. The van der Waals surface area contributed by atoms with E-state index in [2.05, 4.69) is 41.7 Å². The van der Waals surface area contributed by atoms with Crippen molar-refractivity contribution in [2.75, 3.05) is 25.4 Å². The van der Waals surface area contributed by atoms with Crippen LogP contribution in [0.5, 0.6) is 5.75 Å². The number of nitrogens with two attached hydrogens (primary N) is 1. The van der Waals surface area contributed by atoms with Gasteiger partial charge in [-0.2, -0.15) is 5.26 Å². The van der Waals surface area contributed by atoms with Gasteiger partial charge in [0.15, 0.2) is 0 Å². The predicted octanol–water partition coefficient (Wildman–Crippen LogP) is 5.12. The first kappa shape index (κ1) is 23.3. The highest BCUT2D eigenvalue weighted by Crippen LogP contribution is 2.45. The summed E-state index contributed by atoms with van der Waals surface area (Å²) in [6, 6.07) is 4.14. The Bertz CT molecular complexity index is 1250. The molecule has 0 amide bonds. The number of nitrogens with zero attached hydrogens (tertiary/aromatic N) is 4. The molecule has 3 heterocycles. The molecule has 1 fully saturated rings. The fourth-order valence-corrected chi connectivity index (χ4v) is 4.84. The van der Waals surface area contributed by atoms with Crippen LogP contribution in [0.4, 0.5) is 5.82 Å². The summed E-state index contributed by atoms with van der Waals surface area (Å²) in [6.45, 7) is 14.7. The number of H-pyrrole nitrogens is 1. The minimum atomic E-state index is -0.232. The highest BCUT2D eigenvalue weighted by atomic mass is 35.5. The Kier molecular flexibility index (Phi) is 6.02. The van der Waals surface area contributed by atoms with E-state index < -0.39 is 0 Å². The first-order chi connectivity index (χ1) is 15.6. The topological polar surface area (TPSA) is 104 Å². The lowest BCUT2D eigenvalue weighted by Gasteiger charge is -2.48. The number of likely N-dealkylation sites (tertiary alicyclic amines) is 1. The van der Waals surface area contributed by atoms with Crippen LogP contribution in [-0.2, 0) is 0 Å². The highest BCUT2D eigenvalue weighted by Gasteiger charge is 2.39. The zero-order valence-corrected chi connectivity index (χ0v) is 20.8. The quantitative estimate of drug-likeness (QED) is 0.540. The summed E-state index contributed by atoms with van der Waals surface area (Å²) in [7, 11) is 0. The Morgan fingerprint density at radius 2 is 2.06 bits per heavy atom. The monoisotopic (exact) mass is 466 g/mol. The number of hydrogen-bond acceptors (Lipinski definition) is 6. The number of anilines is 1. The van der Waals surface area contributed by atoms with Crippen molar-refractivity contribution in [1.29, 1.82) is 5.26 Å². The molecule has 0 saturated carbocycles. The lowest BCUT2D eigenvalue weighted by Crippen LogP contribution is -2.54. The summed E-state index contributed by atoms with van der Waals surface area (Å²) in [6.07, 6.45) is 1.88. The summed E-state index contributed by atoms with van der Waals surface area (Å²) < 4.78 is 6.18. The Hall–Kier alpha value is -2.82. The van der Waals surface area contributed by atoms with Gasteiger partial charge in [0.05, 0.1) is 22.6 Å². The van der Waals surface area contributed by atoms with E-state index in [9.17, 15) is 5.26 Å². The zero-order chi connectivity index (χ0) is 24.1. The van der Waals surface area contributed by atoms with Crippen molar-refractivity contribution in [2.45, 2.75) is 58.9 Å². The fraction of sp³-hybridized carbons (Fsp3) is 0.480. The van der Waals surface area contributed by atoms with Gasteiger partial charge < -0.3 is 15.5 Å². The van der Waals surface area contributed by atoms with Crippen molar-refractivity contribution < 1.29 is 4.74 Å². The van der Waals surface area contributed by atoms with Gasteiger partial charge in [0, 0.05) is 47.8 Å². The van der Waals surface area contributed by atoms with Crippen LogP contribution >= 0.6 is 11.6 Å². The molecule has 4 rings (SSSR count). The second kappa shape index (κ2) is 8.51. The van der Waals surface area contributed by atoms with Crippen LogP contribution in [0.25, 0.3) is 11.0 Å². The van der Waals surface area contributed by atoms with Gasteiger partial charge in [-0.3, -0.25) is 4.90 Å². The van der Waals surface area contributed by atoms with Crippen molar-refractivity contribution in [3.63, 3.8) is 0 Å². The normalized spacial score (nSPS) is 15.9. The molecule has 1 aliphatic rings. The smallest absolute Gasteiger partial charge is 0.143 e. The van der Waals surface area contributed by atoms with E-state index in [4.69, 9.17) is 27.1 Å². The summed E-state index contributed by atoms with van der Waals surface area (Å²) in [5, 5.41) is 11.2. The first-order valence-corrected chi connectivity index (χ1v) is 11.7. The second-order valence-electron chi connectivity index (χ2n) is 9.77. The minimum Gasteiger partial charge on any atom is -0.493 e. The van der Waals surface area contributed by atoms with Crippen molar-refractivity contribution >= 4 is 28.5 Å². The molecule has 7 nitrogen and oxygen atoms in total. The number of aromatic nitrogens is 3. The summed E-state index contributed by atoms with van der Waals surface area (Å²) in [5.74, 6) is 1.68. The lowest BCUT2D eigenvalue weighted by molar-refractivity contribution is 0.0458. The first-order valence-electron chi connectivity index (χ1n) is 11.3. The largest absolute Gasteiger partial charge is 0.493 e. The predicted molar refractivity (Wildman–Crippen MR) is 132 cm³/mol. The van der Waals surface area contributed by atoms with Crippen LogP contribution in [-0.4, -0.2) is 45.1 Å². The Balaban J connectivity index is 1.83. The molecule has 1 aliphatic heterocycles. The average molecular weight is 467 g/mol. The number of benzene rings is 1. The Labute approximate surface area is 199 Å². The average Bonchev–Trinajstić information content (AvgIpc) is 3.08. The van der Waals surface area contributed by atoms with Gasteiger partial charge in [0.1, 0.15) is 29.1 Å². The van der Waals surface area contributed by atoms with Crippen LogP contribution in [0.1, 0.15) is 74.5 Å². The molecule has 174 valence electrons. The summed E-state index contributed by atoms with van der Waals surface area (Å²) in [4.78, 5) is 14.9. The van der Waals surface area contributed by atoms with Crippen LogP contribution in [0.2, 0.25) is 5.02 Å². The van der Waals surface area contributed by atoms with Crippen LogP contribution in [0.15, 0.2) is 12.3 Å². The van der Waals surface area contributed by atoms with E-state index in [1.54, 1.807) is 0 Å². The maximum Gasteiger partial charge on any atom is 0.143 e. The third kappa shape index (κ3) is 4.03. The number of nitriles is 1. The van der Waals surface area contributed by atoms with E-state index >= 15 is 0 Å². The molecule has 1 saturated heterocycles. The molecule has 1 aromatic carbocycles. The molecule has 3 N–H and O–H groups in total. The van der Waals surface area contributed by atoms with E-state index in [1.165, 1.54) is 0 Å². The van der Waals surface area contributed by atoms with E-state index in [1.807, 2.05) is 33.0 Å². The highest BCUT2D eigenvalue weighted by molar-refractivity contribution is 6.32. The number of aromatic amines is 1. The number of nitrogens with one attached hydrogen (secondary N) is 1. The molecule has 0 bridgehead atoms. The van der Waals surface area contributed by atoms with Gasteiger partial charge in [-0.1, -0.05) is 18.5 Å². The van der Waals surface area contributed by atoms with Crippen molar-refractivity contribution in [2.24, 2.45) is 0 Å². The number of halogens is 1. The fourth-order valence-electron chi connectivity index (χ4n) is 4.58. The number of ether oxygens (including phenoxy) is 1. The molecule has 0 aliphatic carbocycles. The second-order valence-corrected chi connectivity index (χ2v) is 10.2. The van der Waals surface area contributed by atoms with Crippen LogP contribution < -0.4 is 10.5 Å². The van der Waals surface area contributed by atoms with Gasteiger partial charge >= 0.3 is 0 Å². The Morgan fingerprint density at radius 1 is 1.36 bits per heavy atom. The standard InChI is InChI=1S/C25H31ClN6O/c1-7-33-21-16(14(3)23-30-22(28)19-13(2)10-29-24(19)31-23)8-18(26)17(9-27)20(21)15-11-32(12-15)25(4,5)6/h8,10,14-15H,7,11-12H2,1-6H3,(H3,28,29,30,31). The van der Waals surface area contributed by atoms with Gasteiger partial charge in [-0.05, 0) is 46.2 Å². The van der Waals surface area contributed by atoms with E-state index in [0.29, 0.717) is 34.5 Å². The number of nitrogen functional groups attached to an aromatic ring is 1. The van der Waals surface area contributed by atoms with Gasteiger partial charge in [-0.15, -0.1) is 0 Å². The SMILES string of the molecule is CCOc1c(C(C)c2nc(N)c3c(C)c[nH]c3n2)cc(Cl)c(C#N)c1C1CN(C(C)(C)C)C1. The van der Waals surface area contributed by atoms with E-state index in [-0.39, 0.29) is 17.4 Å². The molecular formula is C25H31ClN6O. The number of rotatable bonds is 5. The molecule has 0 spiro atoms. The lowest BCUT2D eigenvalue weighted by atomic mass is 9.82. The van der Waals surface area contributed by atoms with Crippen molar-refractivity contribution in [3.8, 4) is 11.8 Å². The Morgan fingerprint density at radius 3 is 2.67 bits per heavy atom. The van der Waals surface area contributed by atoms with Crippen molar-refractivity contribution in [3.05, 3.63) is 45.4 Å². The van der Waals surface area contributed by atoms with Gasteiger partial charge in [-0.25, -0.2) is 9.97 Å². The molecule has 0 radical (unpaired) electrons. The van der Waals surface area contributed by atoms with Crippen molar-refractivity contribution in [1.82, 2.24) is 19.9 Å². The van der Waals surface area contributed by atoms with E-state index in [0.717, 1.165) is 40.9 Å². The third-order valence-corrected chi connectivity index (χ3v) is 6.86. The third-order valence-electron chi connectivity index (χ3n) is 6.56. The van der Waals surface area contributed by atoms with Gasteiger partial charge in [0.25, 0.3) is 0 Å². The summed E-state index contributed by atoms with van der Waals surface area (Å²) >= 11 is 6.66. The van der Waals surface area contributed by atoms with Gasteiger partial charge in [0.2, 0.25) is 0 Å². The molecule has 33 heavy (non-hydrogen) atoms. The minimum absolute atomic E-state index is 0.0682. The number of hydrogen-bond donors (Lipinski definition) is 2. The molecule has 1 unspecified atom stereocenters. The molecule has 8 heteroatoms. The number of fused-ring (bicyclic) bond motifs is 1. The zero-order valence-electron chi connectivity index (χ0n) is 20.1.